The molecule has 0 saturated carbocycles. The first-order valence-electron chi connectivity index (χ1n) is 13.3. The summed E-state index contributed by atoms with van der Waals surface area (Å²) in [6.45, 7) is 2.02. The number of para-hydroxylation sites is 1. The summed E-state index contributed by atoms with van der Waals surface area (Å²) < 4.78 is 6.44. The molecule has 5 rings (SSSR count). The summed E-state index contributed by atoms with van der Waals surface area (Å²) in [7, 11) is 1.54. The molecule has 0 radical (unpaired) electrons. The van der Waals surface area contributed by atoms with Crippen LogP contribution in [0, 0.1) is 6.92 Å². The molecule has 1 heterocycles. The van der Waals surface area contributed by atoms with Crippen molar-refractivity contribution < 1.29 is 19.1 Å². The molecule has 216 valence electrons. The fraction of sp³-hybridized carbons (Fsp3) is 0.0909. The molecule has 10 heteroatoms. The lowest BCUT2D eigenvalue weighted by Gasteiger charge is -2.13. The summed E-state index contributed by atoms with van der Waals surface area (Å²) in [5, 5.41) is 9.01. The first-order chi connectivity index (χ1) is 20.9. The van der Waals surface area contributed by atoms with Crippen LogP contribution in [-0.4, -0.2) is 35.6 Å². The van der Waals surface area contributed by atoms with E-state index in [-0.39, 0.29) is 17.4 Å². The molecule has 43 heavy (non-hydrogen) atoms. The van der Waals surface area contributed by atoms with E-state index in [2.05, 4.69) is 20.9 Å². The van der Waals surface area contributed by atoms with Gasteiger partial charge in [-0.3, -0.25) is 14.4 Å². The maximum absolute atomic E-state index is 13.3. The molecule has 0 fully saturated rings. The van der Waals surface area contributed by atoms with Crippen molar-refractivity contribution in [2.45, 2.75) is 11.8 Å². The second kappa shape index (κ2) is 13.8. The maximum atomic E-state index is 13.3. The van der Waals surface area contributed by atoms with Crippen LogP contribution in [0.5, 0.6) is 5.75 Å². The topological polar surface area (TPSA) is 109 Å². The molecule has 1 aromatic heterocycles. The standard InChI is InChI=1S/C33H28N4O4S2/c1-21-12-17-26-29(18-21)43-33(36-26)37-30(38)20-42-25-15-13-24(14-16-25)34-32(40)27(19-23-10-6-7-11-28(23)41-2)35-31(39)22-8-4-3-5-9-22/h3-19H,20H2,1-2H3,(H,34,40)(H,35,39)(H,36,37,38)/b27-19-. The van der Waals surface area contributed by atoms with Crippen molar-refractivity contribution in [1.82, 2.24) is 10.3 Å². The molecular formula is C33H28N4O4S2. The van der Waals surface area contributed by atoms with Crippen LogP contribution in [0.1, 0.15) is 21.5 Å². The molecule has 4 aromatic carbocycles. The van der Waals surface area contributed by atoms with E-state index in [0.29, 0.717) is 27.7 Å². The largest absolute Gasteiger partial charge is 0.496 e. The van der Waals surface area contributed by atoms with E-state index in [9.17, 15) is 14.4 Å². The number of thiazole rings is 1. The number of nitrogens with zero attached hydrogens (tertiary/aromatic N) is 1. The fourth-order valence-corrected chi connectivity index (χ4v) is 5.78. The van der Waals surface area contributed by atoms with Crippen LogP contribution in [0.4, 0.5) is 10.8 Å². The van der Waals surface area contributed by atoms with Crippen LogP contribution >= 0.6 is 23.1 Å². The summed E-state index contributed by atoms with van der Waals surface area (Å²) in [4.78, 5) is 44.1. The van der Waals surface area contributed by atoms with Crippen molar-refractivity contribution in [2.75, 3.05) is 23.5 Å². The number of nitrogens with one attached hydrogen (secondary N) is 3. The van der Waals surface area contributed by atoms with Crippen LogP contribution in [0.15, 0.2) is 108 Å². The number of hydrogen-bond donors (Lipinski definition) is 3. The third-order valence-corrected chi connectivity index (χ3v) is 8.19. The minimum Gasteiger partial charge on any atom is -0.496 e. The number of carbonyl (C=O) groups excluding carboxylic acids is 3. The lowest BCUT2D eigenvalue weighted by Crippen LogP contribution is -2.30. The zero-order valence-electron chi connectivity index (χ0n) is 23.4. The zero-order chi connectivity index (χ0) is 30.2. The van der Waals surface area contributed by atoms with Crippen molar-refractivity contribution in [3.05, 3.63) is 119 Å². The Balaban J connectivity index is 1.23. The quantitative estimate of drug-likeness (QED) is 0.120. The zero-order valence-corrected chi connectivity index (χ0v) is 25.1. The highest BCUT2D eigenvalue weighted by atomic mass is 32.2. The van der Waals surface area contributed by atoms with Gasteiger partial charge in [0, 0.05) is 21.7 Å². The Morgan fingerprint density at radius 2 is 1.65 bits per heavy atom. The highest BCUT2D eigenvalue weighted by Gasteiger charge is 2.16. The number of carbonyl (C=O) groups is 3. The SMILES string of the molecule is COc1ccccc1/C=C(\NC(=O)c1ccccc1)C(=O)Nc1ccc(SCC(=O)Nc2nc3ccc(C)cc3s2)cc1. The van der Waals surface area contributed by atoms with Gasteiger partial charge in [-0.05, 0) is 73.2 Å². The third-order valence-electron chi connectivity index (χ3n) is 6.24. The molecule has 3 amide bonds. The molecule has 8 nitrogen and oxygen atoms in total. The number of thioether (sulfide) groups is 1. The molecule has 0 atom stereocenters. The average molecular weight is 609 g/mol. The molecule has 3 N–H and O–H groups in total. The number of rotatable bonds is 10. The van der Waals surface area contributed by atoms with Gasteiger partial charge in [-0.2, -0.15) is 0 Å². The Kier molecular flexibility index (Phi) is 9.50. The Hall–Kier alpha value is -4.93. The van der Waals surface area contributed by atoms with Gasteiger partial charge in [-0.1, -0.05) is 53.8 Å². The number of hydrogen-bond acceptors (Lipinski definition) is 7. The van der Waals surface area contributed by atoms with Crippen molar-refractivity contribution >= 4 is 67.9 Å². The number of aryl methyl sites for hydroxylation is 1. The minimum absolute atomic E-state index is 0.0542. The van der Waals surface area contributed by atoms with Gasteiger partial charge >= 0.3 is 0 Å². The smallest absolute Gasteiger partial charge is 0.272 e. The molecule has 0 bridgehead atoms. The van der Waals surface area contributed by atoms with Crippen molar-refractivity contribution in [1.29, 1.82) is 0 Å². The van der Waals surface area contributed by atoms with E-state index in [1.54, 1.807) is 61.7 Å². The lowest BCUT2D eigenvalue weighted by atomic mass is 10.1. The Bertz CT molecular complexity index is 1800. The van der Waals surface area contributed by atoms with Crippen molar-refractivity contribution in [2.24, 2.45) is 0 Å². The number of methoxy groups -OCH3 is 1. The van der Waals surface area contributed by atoms with E-state index in [1.165, 1.54) is 23.1 Å². The van der Waals surface area contributed by atoms with E-state index >= 15 is 0 Å². The summed E-state index contributed by atoms with van der Waals surface area (Å²) in [6, 6.07) is 29.0. The lowest BCUT2D eigenvalue weighted by molar-refractivity contribution is -0.114. The van der Waals surface area contributed by atoms with Crippen molar-refractivity contribution in [3.63, 3.8) is 0 Å². The number of anilines is 2. The monoisotopic (exact) mass is 608 g/mol. The summed E-state index contributed by atoms with van der Waals surface area (Å²) >= 11 is 2.82. The van der Waals surface area contributed by atoms with Crippen LogP contribution in [0.25, 0.3) is 16.3 Å². The first-order valence-corrected chi connectivity index (χ1v) is 15.1. The third kappa shape index (κ3) is 7.88. The second-order valence-electron chi connectivity index (χ2n) is 9.43. The van der Waals surface area contributed by atoms with Gasteiger partial charge in [0.25, 0.3) is 11.8 Å². The molecule has 0 spiro atoms. The normalized spacial score (nSPS) is 11.2. The van der Waals surface area contributed by atoms with Crippen LogP contribution < -0.4 is 20.7 Å². The highest BCUT2D eigenvalue weighted by molar-refractivity contribution is 8.00. The molecule has 0 saturated heterocycles. The molecule has 0 aliphatic carbocycles. The number of ether oxygens (including phenoxy) is 1. The second-order valence-corrected chi connectivity index (χ2v) is 11.5. The van der Waals surface area contributed by atoms with Gasteiger partial charge in [-0.25, -0.2) is 4.98 Å². The number of amides is 3. The van der Waals surface area contributed by atoms with E-state index in [1.807, 2.05) is 55.5 Å². The number of benzene rings is 4. The number of aromatic nitrogens is 1. The van der Waals surface area contributed by atoms with E-state index in [4.69, 9.17) is 4.74 Å². The van der Waals surface area contributed by atoms with Crippen LogP contribution in [-0.2, 0) is 9.59 Å². The van der Waals surface area contributed by atoms with Gasteiger partial charge < -0.3 is 20.7 Å². The van der Waals surface area contributed by atoms with Gasteiger partial charge in [-0.15, -0.1) is 11.8 Å². The molecule has 0 aliphatic heterocycles. The van der Waals surface area contributed by atoms with E-state index < -0.39 is 11.8 Å². The van der Waals surface area contributed by atoms with Crippen LogP contribution in [0.2, 0.25) is 0 Å². The first kappa shape index (κ1) is 29.6. The van der Waals surface area contributed by atoms with Gasteiger partial charge in [0.05, 0.1) is 23.1 Å². The van der Waals surface area contributed by atoms with E-state index in [0.717, 1.165) is 20.7 Å². The van der Waals surface area contributed by atoms with Gasteiger partial charge in [0.2, 0.25) is 5.91 Å². The van der Waals surface area contributed by atoms with Crippen LogP contribution in [0.3, 0.4) is 0 Å². The summed E-state index contributed by atoms with van der Waals surface area (Å²) in [6.07, 6.45) is 1.57. The van der Waals surface area contributed by atoms with Crippen molar-refractivity contribution in [3.8, 4) is 5.75 Å². The van der Waals surface area contributed by atoms with Gasteiger partial charge in [0.15, 0.2) is 5.13 Å². The molecular weight excluding hydrogens is 581 g/mol. The molecule has 5 aromatic rings. The minimum atomic E-state index is -0.499. The summed E-state index contributed by atoms with van der Waals surface area (Å²) in [5.74, 6) is -0.300. The average Bonchev–Trinajstić information content (AvgIpc) is 3.42. The Labute approximate surface area is 257 Å². The van der Waals surface area contributed by atoms with Gasteiger partial charge in [0.1, 0.15) is 11.4 Å². The predicted molar refractivity (Wildman–Crippen MR) is 174 cm³/mol. The Morgan fingerprint density at radius 1 is 0.907 bits per heavy atom. The Morgan fingerprint density at radius 3 is 2.42 bits per heavy atom. The fourth-order valence-electron chi connectivity index (χ4n) is 4.11. The predicted octanol–water partition coefficient (Wildman–Crippen LogP) is 6.75. The molecule has 0 unspecified atom stereocenters. The molecule has 0 aliphatic rings. The maximum Gasteiger partial charge on any atom is 0.272 e. The summed E-state index contributed by atoms with van der Waals surface area (Å²) in [5.41, 5.74) is 3.64. The number of fused-ring (bicyclic) bond motifs is 1. The highest BCUT2D eigenvalue weighted by Crippen LogP contribution is 2.27.